The van der Waals surface area contributed by atoms with Crippen molar-refractivity contribution >= 4 is 11.8 Å². The molecule has 1 saturated heterocycles. The molecular formula is C35H53N3O6. The van der Waals surface area contributed by atoms with Crippen molar-refractivity contribution in [1.82, 2.24) is 14.7 Å². The molecule has 9 heteroatoms. The summed E-state index contributed by atoms with van der Waals surface area (Å²) < 4.78 is 22.1. The predicted molar refractivity (Wildman–Crippen MR) is 170 cm³/mol. The molecule has 0 bridgehead atoms. The lowest BCUT2D eigenvalue weighted by Crippen LogP contribution is -2.47. The van der Waals surface area contributed by atoms with Crippen molar-refractivity contribution in [3.63, 3.8) is 0 Å². The molecular weight excluding hydrogens is 558 g/mol. The topological polar surface area (TPSA) is 84.7 Å². The number of furan rings is 1. The molecule has 0 aliphatic carbocycles. The Hall–Kier alpha value is -3.04. The van der Waals surface area contributed by atoms with E-state index in [-0.39, 0.29) is 25.2 Å². The van der Waals surface area contributed by atoms with Crippen LogP contribution in [0.5, 0.6) is 11.5 Å². The maximum atomic E-state index is 13.8. The highest BCUT2D eigenvalue weighted by molar-refractivity contribution is 5.85. The lowest BCUT2D eigenvalue weighted by molar-refractivity contribution is -0.141. The molecule has 0 atom stereocenters. The van der Waals surface area contributed by atoms with Crippen LogP contribution in [-0.4, -0.2) is 79.2 Å². The molecule has 4 rings (SSSR count). The van der Waals surface area contributed by atoms with Crippen molar-refractivity contribution in [2.45, 2.75) is 97.1 Å². The van der Waals surface area contributed by atoms with Gasteiger partial charge in [-0.05, 0) is 36.2 Å². The van der Waals surface area contributed by atoms with Gasteiger partial charge in [0.05, 0.1) is 32.6 Å². The van der Waals surface area contributed by atoms with Crippen molar-refractivity contribution in [1.29, 1.82) is 0 Å². The van der Waals surface area contributed by atoms with Crippen LogP contribution in [0.2, 0.25) is 0 Å². The van der Waals surface area contributed by atoms with E-state index in [0.29, 0.717) is 56.5 Å². The summed E-state index contributed by atoms with van der Waals surface area (Å²) in [5.74, 6) is 2.05. The summed E-state index contributed by atoms with van der Waals surface area (Å²) in [6.07, 6.45) is 15.7. The fraction of sp³-hybridized carbons (Fsp3) is 0.657. The van der Waals surface area contributed by atoms with Crippen molar-refractivity contribution in [2.75, 3.05) is 52.7 Å². The number of hydrogen-bond acceptors (Lipinski definition) is 7. The second-order valence-corrected chi connectivity index (χ2v) is 12.1. The summed E-state index contributed by atoms with van der Waals surface area (Å²) in [5.41, 5.74) is 0.932. The first-order valence-electron chi connectivity index (χ1n) is 16.9. The standard InChI is InChI=1S/C35H53N3O6/c1-2-3-4-5-6-7-8-9-10-11-12-15-34(39)37(19-18-36-20-23-41-24-21-36)28-35(40)38(27-31-14-13-22-42-31)26-30-16-17-32-33(25-30)44-29-43-32/h13-14,16-17,22,25H,2-12,15,18-21,23-24,26-29H2,1H3. The molecule has 3 heterocycles. The van der Waals surface area contributed by atoms with E-state index in [2.05, 4.69) is 11.8 Å². The summed E-state index contributed by atoms with van der Waals surface area (Å²) in [7, 11) is 0. The molecule has 0 radical (unpaired) electrons. The highest BCUT2D eigenvalue weighted by atomic mass is 16.7. The van der Waals surface area contributed by atoms with Gasteiger partial charge in [0.15, 0.2) is 11.5 Å². The summed E-state index contributed by atoms with van der Waals surface area (Å²) in [4.78, 5) is 33.2. The van der Waals surface area contributed by atoms with Gasteiger partial charge in [-0.25, -0.2) is 0 Å². The van der Waals surface area contributed by atoms with Gasteiger partial charge in [-0.2, -0.15) is 0 Å². The average molecular weight is 612 g/mol. The minimum Gasteiger partial charge on any atom is -0.467 e. The maximum absolute atomic E-state index is 13.8. The molecule has 1 aromatic heterocycles. The number of amides is 2. The highest BCUT2D eigenvalue weighted by Crippen LogP contribution is 2.33. The normalized spacial score (nSPS) is 14.6. The van der Waals surface area contributed by atoms with Crippen molar-refractivity contribution in [3.8, 4) is 11.5 Å². The highest BCUT2D eigenvalue weighted by Gasteiger charge is 2.24. The SMILES string of the molecule is CCCCCCCCCCCCCC(=O)N(CCN1CCOCC1)CC(=O)N(Cc1ccc2c(c1)OCO2)Cc1ccco1. The molecule has 2 aliphatic rings. The van der Waals surface area contributed by atoms with Crippen LogP contribution >= 0.6 is 0 Å². The van der Waals surface area contributed by atoms with E-state index in [1.165, 1.54) is 57.8 Å². The summed E-state index contributed by atoms with van der Waals surface area (Å²) in [6, 6.07) is 9.43. The molecule has 0 saturated carbocycles. The van der Waals surface area contributed by atoms with Crippen LogP contribution in [0, 0.1) is 0 Å². The lowest BCUT2D eigenvalue weighted by Gasteiger charge is -2.31. The van der Waals surface area contributed by atoms with E-state index in [9.17, 15) is 9.59 Å². The van der Waals surface area contributed by atoms with Gasteiger partial charge in [-0.3, -0.25) is 14.5 Å². The molecule has 2 aromatic rings. The van der Waals surface area contributed by atoms with E-state index in [0.717, 1.165) is 38.0 Å². The minimum atomic E-state index is -0.103. The van der Waals surface area contributed by atoms with Crippen molar-refractivity contribution < 1.29 is 28.2 Å². The molecule has 44 heavy (non-hydrogen) atoms. The zero-order chi connectivity index (χ0) is 30.8. The van der Waals surface area contributed by atoms with Crippen LogP contribution in [0.15, 0.2) is 41.0 Å². The van der Waals surface area contributed by atoms with E-state index < -0.39 is 0 Å². The van der Waals surface area contributed by atoms with Gasteiger partial charge in [0.25, 0.3) is 0 Å². The smallest absolute Gasteiger partial charge is 0.242 e. The molecule has 0 unspecified atom stereocenters. The van der Waals surface area contributed by atoms with Gasteiger partial charge in [-0.15, -0.1) is 0 Å². The van der Waals surface area contributed by atoms with Gasteiger partial charge in [0.2, 0.25) is 18.6 Å². The van der Waals surface area contributed by atoms with Crippen LogP contribution < -0.4 is 9.47 Å². The lowest BCUT2D eigenvalue weighted by atomic mass is 10.1. The van der Waals surface area contributed by atoms with Crippen molar-refractivity contribution in [3.05, 3.63) is 47.9 Å². The van der Waals surface area contributed by atoms with Gasteiger partial charge >= 0.3 is 0 Å². The van der Waals surface area contributed by atoms with E-state index in [4.69, 9.17) is 18.6 Å². The Bertz CT molecular complexity index is 1100. The average Bonchev–Trinajstić information content (AvgIpc) is 3.74. The zero-order valence-electron chi connectivity index (χ0n) is 26.8. The molecule has 1 fully saturated rings. The second kappa shape index (κ2) is 19.4. The largest absolute Gasteiger partial charge is 0.467 e. The number of ether oxygens (including phenoxy) is 3. The number of hydrogen-bond donors (Lipinski definition) is 0. The Balaban J connectivity index is 1.30. The Labute approximate surface area is 263 Å². The number of morpholine rings is 1. The number of unbranched alkanes of at least 4 members (excludes halogenated alkanes) is 10. The van der Waals surface area contributed by atoms with Crippen LogP contribution in [0.4, 0.5) is 0 Å². The molecule has 0 N–H and O–H groups in total. The molecule has 2 aliphatic heterocycles. The van der Waals surface area contributed by atoms with Crippen LogP contribution in [0.25, 0.3) is 0 Å². The Morgan fingerprint density at radius 1 is 0.795 bits per heavy atom. The molecule has 1 aromatic carbocycles. The predicted octanol–water partition coefficient (Wildman–Crippen LogP) is 6.40. The Morgan fingerprint density at radius 3 is 2.20 bits per heavy atom. The molecule has 9 nitrogen and oxygen atoms in total. The van der Waals surface area contributed by atoms with Crippen molar-refractivity contribution in [2.24, 2.45) is 0 Å². The first-order valence-corrected chi connectivity index (χ1v) is 16.9. The molecule has 2 amide bonds. The third-order valence-corrected chi connectivity index (χ3v) is 8.55. The number of benzene rings is 1. The number of fused-ring (bicyclic) bond motifs is 1. The molecule has 244 valence electrons. The summed E-state index contributed by atoms with van der Waals surface area (Å²) >= 11 is 0. The van der Waals surface area contributed by atoms with Gasteiger partial charge in [0.1, 0.15) is 5.76 Å². The minimum absolute atomic E-state index is 0.0481. The monoisotopic (exact) mass is 611 g/mol. The summed E-state index contributed by atoms with van der Waals surface area (Å²) in [5, 5.41) is 0. The first-order chi connectivity index (χ1) is 21.6. The quantitative estimate of drug-likeness (QED) is 0.151. The maximum Gasteiger partial charge on any atom is 0.242 e. The zero-order valence-corrected chi connectivity index (χ0v) is 26.8. The number of carbonyl (C=O) groups excluding carboxylic acids is 2. The van der Waals surface area contributed by atoms with E-state index in [1.807, 2.05) is 30.3 Å². The Morgan fingerprint density at radius 2 is 1.50 bits per heavy atom. The van der Waals surface area contributed by atoms with E-state index in [1.54, 1.807) is 16.1 Å². The third-order valence-electron chi connectivity index (χ3n) is 8.55. The fourth-order valence-electron chi connectivity index (χ4n) is 5.82. The van der Waals surface area contributed by atoms with Gasteiger partial charge in [0, 0.05) is 39.1 Å². The van der Waals surface area contributed by atoms with Crippen LogP contribution in [0.1, 0.15) is 95.3 Å². The second-order valence-electron chi connectivity index (χ2n) is 12.1. The van der Waals surface area contributed by atoms with Gasteiger partial charge in [-0.1, -0.05) is 77.2 Å². The number of nitrogens with zero attached hydrogens (tertiary/aromatic N) is 3. The van der Waals surface area contributed by atoms with E-state index >= 15 is 0 Å². The van der Waals surface area contributed by atoms with Crippen LogP contribution in [0.3, 0.4) is 0 Å². The fourth-order valence-corrected chi connectivity index (χ4v) is 5.82. The first kappa shape index (κ1) is 33.8. The number of rotatable bonds is 21. The summed E-state index contributed by atoms with van der Waals surface area (Å²) in [6.45, 7) is 7.58. The van der Waals surface area contributed by atoms with Gasteiger partial charge < -0.3 is 28.4 Å². The molecule has 0 spiro atoms. The third kappa shape index (κ3) is 11.8. The Kier molecular flexibility index (Phi) is 14.9. The number of carbonyl (C=O) groups is 2. The van der Waals surface area contributed by atoms with Crippen LogP contribution in [-0.2, 0) is 27.4 Å².